The van der Waals surface area contributed by atoms with Gasteiger partial charge < -0.3 is 14.7 Å². The molecule has 1 aliphatic carbocycles. The number of carbonyl (C=O) groups excluding carboxylic acids is 1. The van der Waals surface area contributed by atoms with Crippen molar-refractivity contribution in [3.8, 4) is 11.5 Å². The van der Waals surface area contributed by atoms with E-state index in [0.29, 0.717) is 11.3 Å². The summed E-state index contributed by atoms with van der Waals surface area (Å²) in [5.74, 6) is 0.432. The predicted molar refractivity (Wildman–Crippen MR) is 97.1 cm³/mol. The minimum atomic E-state index is -0.328. The van der Waals surface area contributed by atoms with Crippen molar-refractivity contribution in [2.45, 2.75) is 58.0 Å². The standard InChI is InChI=1S/C21H27NO3/c1-20(2)13-15-7-8-16(17(23)18(15)25-20)19(24)22-12-6-11-21(14-22)9-4-3-5-10-21/h3-4,7-8,23H,5-6,9-14H2,1-2H3/t21-/m0/s1. The summed E-state index contributed by atoms with van der Waals surface area (Å²) in [6.45, 7) is 5.56. The molecule has 0 saturated carbocycles. The Labute approximate surface area is 149 Å². The summed E-state index contributed by atoms with van der Waals surface area (Å²) in [7, 11) is 0. The number of fused-ring (bicyclic) bond motifs is 1. The summed E-state index contributed by atoms with van der Waals surface area (Å²) in [4.78, 5) is 15.0. The van der Waals surface area contributed by atoms with Crippen molar-refractivity contribution in [1.29, 1.82) is 0 Å². The van der Waals surface area contributed by atoms with E-state index in [4.69, 9.17) is 4.74 Å². The number of benzene rings is 1. The Kier molecular flexibility index (Phi) is 3.82. The highest BCUT2D eigenvalue weighted by Gasteiger charge is 2.39. The molecule has 0 unspecified atom stereocenters. The molecule has 2 aliphatic heterocycles. The SMILES string of the molecule is CC1(C)Cc2ccc(C(=O)N3CCC[C@@]4(CC=CCC4)C3)c(O)c2O1. The van der Waals surface area contributed by atoms with Gasteiger partial charge in [-0.25, -0.2) is 0 Å². The van der Waals surface area contributed by atoms with Gasteiger partial charge in [-0.3, -0.25) is 4.79 Å². The number of amides is 1. The van der Waals surface area contributed by atoms with Crippen molar-refractivity contribution < 1.29 is 14.6 Å². The summed E-state index contributed by atoms with van der Waals surface area (Å²) in [6.07, 6.45) is 10.8. The van der Waals surface area contributed by atoms with E-state index in [2.05, 4.69) is 12.2 Å². The Balaban J connectivity index is 1.59. The summed E-state index contributed by atoms with van der Waals surface area (Å²) >= 11 is 0. The van der Waals surface area contributed by atoms with Crippen LogP contribution in [0.3, 0.4) is 0 Å². The van der Waals surface area contributed by atoms with Crippen LogP contribution in [0.25, 0.3) is 0 Å². The van der Waals surface area contributed by atoms with Gasteiger partial charge in [0.05, 0.1) is 5.56 Å². The van der Waals surface area contributed by atoms with E-state index < -0.39 is 0 Å². The molecule has 1 fully saturated rings. The zero-order chi connectivity index (χ0) is 17.7. The molecular weight excluding hydrogens is 314 g/mol. The van der Waals surface area contributed by atoms with Crippen LogP contribution in [0.4, 0.5) is 0 Å². The zero-order valence-electron chi connectivity index (χ0n) is 15.2. The van der Waals surface area contributed by atoms with E-state index >= 15 is 0 Å². The third-order valence-corrected chi connectivity index (χ3v) is 5.95. The van der Waals surface area contributed by atoms with Crippen molar-refractivity contribution in [1.82, 2.24) is 4.90 Å². The zero-order valence-corrected chi connectivity index (χ0v) is 15.2. The summed E-state index contributed by atoms with van der Waals surface area (Å²) in [6, 6.07) is 3.70. The number of piperidine rings is 1. The fourth-order valence-electron chi connectivity index (χ4n) is 4.67. The molecular formula is C21H27NO3. The normalized spacial score (nSPS) is 27.2. The Morgan fingerprint density at radius 3 is 2.84 bits per heavy atom. The second-order valence-corrected chi connectivity index (χ2v) is 8.53. The lowest BCUT2D eigenvalue weighted by atomic mass is 9.71. The van der Waals surface area contributed by atoms with Gasteiger partial charge >= 0.3 is 0 Å². The van der Waals surface area contributed by atoms with Gasteiger partial charge in [0.1, 0.15) is 5.60 Å². The van der Waals surface area contributed by atoms with Crippen molar-refractivity contribution in [3.05, 3.63) is 35.4 Å². The van der Waals surface area contributed by atoms with Crippen LogP contribution in [0.15, 0.2) is 24.3 Å². The molecule has 1 saturated heterocycles. The number of aromatic hydroxyl groups is 1. The second-order valence-electron chi connectivity index (χ2n) is 8.53. The Morgan fingerprint density at radius 2 is 2.08 bits per heavy atom. The van der Waals surface area contributed by atoms with E-state index in [-0.39, 0.29) is 22.7 Å². The Bertz CT molecular complexity index is 737. The van der Waals surface area contributed by atoms with Gasteiger partial charge in [0.25, 0.3) is 5.91 Å². The maximum Gasteiger partial charge on any atom is 0.257 e. The van der Waals surface area contributed by atoms with Gasteiger partial charge in [-0.15, -0.1) is 0 Å². The maximum atomic E-state index is 13.1. The Morgan fingerprint density at radius 1 is 1.24 bits per heavy atom. The van der Waals surface area contributed by atoms with E-state index in [1.54, 1.807) is 6.07 Å². The van der Waals surface area contributed by atoms with Crippen molar-refractivity contribution in [2.24, 2.45) is 5.41 Å². The molecule has 1 amide bonds. The largest absolute Gasteiger partial charge is 0.504 e. The maximum absolute atomic E-state index is 13.1. The molecule has 25 heavy (non-hydrogen) atoms. The van der Waals surface area contributed by atoms with Crippen LogP contribution in [0.5, 0.6) is 11.5 Å². The fourth-order valence-corrected chi connectivity index (χ4v) is 4.67. The number of carbonyl (C=O) groups is 1. The molecule has 0 aromatic heterocycles. The van der Waals surface area contributed by atoms with Gasteiger partial charge in [-0.05, 0) is 57.4 Å². The average Bonchev–Trinajstić information content (AvgIpc) is 2.91. The van der Waals surface area contributed by atoms with Gasteiger partial charge in [0, 0.05) is 25.1 Å². The van der Waals surface area contributed by atoms with Crippen molar-refractivity contribution in [3.63, 3.8) is 0 Å². The molecule has 2 heterocycles. The Hall–Kier alpha value is -1.97. The van der Waals surface area contributed by atoms with Crippen molar-refractivity contribution >= 4 is 5.91 Å². The lowest BCUT2D eigenvalue weighted by molar-refractivity contribution is 0.0480. The number of likely N-dealkylation sites (tertiary alicyclic amines) is 1. The number of hydrogen-bond donors (Lipinski definition) is 1. The van der Waals surface area contributed by atoms with E-state index in [9.17, 15) is 9.90 Å². The smallest absolute Gasteiger partial charge is 0.257 e. The molecule has 4 nitrogen and oxygen atoms in total. The average molecular weight is 341 g/mol. The molecule has 1 atom stereocenters. The molecule has 1 N–H and O–H groups in total. The van der Waals surface area contributed by atoms with Crippen LogP contribution < -0.4 is 4.74 Å². The second kappa shape index (κ2) is 5.79. The molecule has 0 radical (unpaired) electrons. The topological polar surface area (TPSA) is 49.8 Å². The first kappa shape index (κ1) is 16.5. The first-order valence-corrected chi connectivity index (χ1v) is 9.37. The van der Waals surface area contributed by atoms with Crippen LogP contribution in [0.1, 0.15) is 61.9 Å². The molecule has 3 aliphatic rings. The molecule has 134 valence electrons. The lowest BCUT2D eigenvalue weighted by Crippen LogP contribution is -2.46. The van der Waals surface area contributed by atoms with E-state index in [1.807, 2.05) is 24.8 Å². The monoisotopic (exact) mass is 341 g/mol. The summed E-state index contributed by atoms with van der Waals surface area (Å²) < 4.78 is 5.88. The minimum absolute atomic E-state index is 0.0104. The van der Waals surface area contributed by atoms with Gasteiger partial charge in [-0.2, -0.15) is 0 Å². The number of nitrogens with zero attached hydrogens (tertiary/aromatic N) is 1. The number of rotatable bonds is 1. The fraction of sp³-hybridized carbons (Fsp3) is 0.571. The molecule has 1 spiro atoms. The van der Waals surface area contributed by atoms with E-state index in [0.717, 1.165) is 50.8 Å². The quantitative estimate of drug-likeness (QED) is 0.784. The van der Waals surface area contributed by atoms with Gasteiger partial charge in [-0.1, -0.05) is 18.2 Å². The summed E-state index contributed by atoms with van der Waals surface area (Å²) in [5, 5.41) is 10.7. The van der Waals surface area contributed by atoms with Crippen LogP contribution in [0.2, 0.25) is 0 Å². The molecule has 4 heteroatoms. The molecule has 0 bridgehead atoms. The van der Waals surface area contributed by atoms with E-state index in [1.165, 1.54) is 6.42 Å². The third kappa shape index (κ3) is 2.92. The number of allylic oxidation sites excluding steroid dienone is 2. The molecule has 4 rings (SSSR count). The van der Waals surface area contributed by atoms with Crippen LogP contribution in [-0.2, 0) is 6.42 Å². The highest BCUT2D eigenvalue weighted by molar-refractivity contribution is 5.98. The van der Waals surface area contributed by atoms with Crippen molar-refractivity contribution in [2.75, 3.05) is 13.1 Å². The van der Waals surface area contributed by atoms with Gasteiger partial charge in [0.2, 0.25) is 0 Å². The van der Waals surface area contributed by atoms with Crippen LogP contribution in [0, 0.1) is 5.41 Å². The van der Waals surface area contributed by atoms with Gasteiger partial charge in [0.15, 0.2) is 11.5 Å². The van der Waals surface area contributed by atoms with Crippen LogP contribution in [-0.4, -0.2) is 34.6 Å². The number of phenols is 1. The number of hydrogen-bond acceptors (Lipinski definition) is 3. The first-order chi connectivity index (χ1) is 11.9. The first-order valence-electron chi connectivity index (χ1n) is 9.37. The summed E-state index contributed by atoms with van der Waals surface area (Å²) in [5.41, 5.74) is 1.25. The van der Waals surface area contributed by atoms with Crippen LogP contribution >= 0.6 is 0 Å². The lowest BCUT2D eigenvalue weighted by Gasteiger charge is -2.44. The third-order valence-electron chi connectivity index (χ3n) is 5.95. The number of phenolic OH excluding ortho intramolecular Hbond substituents is 1. The minimum Gasteiger partial charge on any atom is -0.504 e. The highest BCUT2D eigenvalue weighted by Crippen LogP contribution is 2.45. The molecule has 1 aromatic rings. The predicted octanol–water partition coefficient (Wildman–Crippen LogP) is 4.07. The highest BCUT2D eigenvalue weighted by atomic mass is 16.5. The molecule has 1 aromatic carbocycles. The number of ether oxygens (including phenoxy) is 1.